The highest BCUT2D eigenvalue weighted by Crippen LogP contribution is 2.30. The zero-order chi connectivity index (χ0) is 20.5. The maximum Gasteiger partial charge on any atom is 0.231 e. The van der Waals surface area contributed by atoms with Crippen molar-refractivity contribution in [1.29, 1.82) is 0 Å². The molecule has 1 aliphatic heterocycles. The molecule has 3 heterocycles. The molecule has 4 aromatic rings. The number of aromatic nitrogens is 5. The van der Waals surface area contributed by atoms with E-state index in [0.717, 1.165) is 22.6 Å². The van der Waals surface area contributed by atoms with Gasteiger partial charge in [0.25, 0.3) is 0 Å². The zero-order valence-corrected chi connectivity index (χ0v) is 16.9. The van der Waals surface area contributed by atoms with E-state index in [1.54, 1.807) is 7.11 Å². The third kappa shape index (κ3) is 3.67. The van der Waals surface area contributed by atoms with Gasteiger partial charge in [0.2, 0.25) is 11.7 Å². The van der Waals surface area contributed by atoms with Crippen molar-refractivity contribution < 1.29 is 14.0 Å². The predicted octanol–water partition coefficient (Wildman–Crippen LogP) is 3.85. The van der Waals surface area contributed by atoms with Crippen molar-refractivity contribution in [1.82, 2.24) is 25.1 Å². The smallest absolute Gasteiger partial charge is 0.231 e. The number of methoxy groups -OCH3 is 1. The Morgan fingerprint density at radius 3 is 2.90 bits per heavy atom. The number of nitrogens with zero attached hydrogens (tertiary/aromatic N) is 5. The van der Waals surface area contributed by atoms with E-state index in [1.807, 2.05) is 53.2 Å². The number of rotatable bonds is 5. The molecule has 0 unspecified atom stereocenters. The maximum atomic E-state index is 6.03. The molecule has 0 aliphatic carbocycles. The van der Waals surface area contributed by atoms with Gasteiger partial charge in [-0.1, -0.05) is 46.2 Å². The minimum atomic E-state index is -0.113. The van der Waals surface area contributed by atoms with Crippen LogP contribution in [0.15, 0.2) is 53.1 Å². The summed E-state index contributed by atoms with van der Waals surface area (Å²) in [5.41, 5.74) is 3.46. The van der Waals surface area contributed by atoms with Crippen molar-refractivity contribution in [3.63, 3.8) is 0 Å². The molecule has 30 heavy (non-hydrogen) atoms. The Labute approximate surface area is 177 Å². The molecular formula is C21H18ClN5O3. The molecule has 9 heteroatoms. The molecule has 0 N–H and O–H groups in total. The first-order valence-electron chi connectivity index (χ1n) is 9.45. The monoisotopic (exact) mass is 423 g/mol. The van der Waals surface area contributed by atoms with Crippen molar-refractivity contribution in [3.8, 4) is 17.3 Å². The van der Waals surface area contributed by atoms with Gasteiger partial charge in [-0.2, -0.15) is 4.98 Å². The molecule has 0 spiro atoms. The largest absolute Gasteiger partial charge is 0.497 e. The lowest BCUT2D eigenvalue weighted by molar-refractivity contribution is -0.00111. The molecule has 0 radical (unpaired) electrons. The topological polar surface area (TPSA) is 88.1 Å². The number of hydrogen-bond acceptors (Lipinski definition) is 7. The van der Waals surface area contributed by atoms with E-state index >= 15 is 0 Å². The van der Waals surface area contributed by atoms with Gasteiger partial charge in [0.15, 0.2) is 5.69 Å². The molecule has 0 saturated heterocycles. The number of halogens is 1. The second-order valence-electron chi connectivity index (χ2n) is 6.96. The van der Waals surface area contributed by atoms with E-state index in [2.05, 4.69) is 20.5 Å². The van der Waals surface area contributed by atoms with Crippen LogP contribution >= 0.6 is 11.6 Å². The van der Waals surface area contributed by atoms with E-state index in [1.165, 1.54) is 0 Å². The lowest BCUT2D eigenvalue weighted by atomic mass is 10.1. The van der Waals surface area contributed by atoms with Crippen LogP contribution in [-0.2, 0) is 24.3 Å². The average Bonchev–Trinajstić information content (AvgIpc) is 3.40. The molecule has 0 fully saturated rings. The third-order valence-electron chi connectivity index (χ3n) is 5.01. The van der Waals surface area contributed by atoms with Crippen LogP contribution in [0, 0.1) is 0 Å². The zero-order valence-electron chi connectivity index (χ0n) is 16.2. The van der Waals surface area contributed by atoms with Crippen LogP contribution in [-0.4, -0.2) is 32.2 Å². The summed E-state index contributed by atoms with van der Waals surface area (Å²) < 4.78 is 18.5. The first kappa shape index (κ1) is 18.8. The fourth-order valence-electron chi connectivity index (χ4n) is 3.44. The van der Waals surface area contributed by atoms with Crippen LogP contribution < -0.4 is 4.74 Å². The minimum Gasteiger partial charge on any atom is -0.497 e. The SMILES string of the molecule is COc1cccc(Cc2nc(-c3nnn4c3CO[C@H](c3ccc(Cl)cc3)C4)no2)c1. The van der Waals surface area contributed by atoms with Gasteiger partial charge in [-0.15, -0.1) is 5.10 Å². The van der Waals surface area contributed by atoms with Gasteiger partial charge in [-0.3, -0.25) is 0 Å². The fourth-order valence-corrected chi connectivity index (χ4v) is 3.57. The average molecular weight is 424 g/mol. The highest BCUT2D eigenvalue weighted by molar-refractivity contribution is 6.30. The first-order valence-corrected chi connectivity index (χ1v) is 9.82. The van der Waals surface area contributed by atoms with Gasteiger partial charge in [0.1, 0.15) is 11.9 Å². The van der Waals surface area contributed by atoms with Gasteiger partial charge in [-0.05, 0) is 35.4 Å². The first-order chi connectivity index (χ1) is 14.7. The number of fused-ring (bicyclic) bond motifs is 1. The van der Waals surface area contributed by atoms with Crippen molar-refractivity contribution in [3.05, 3.63) is 76.3 Å². The maximum absolute atomic E-state index is 6.03. The highest BCUT2D eigenvalue weighted by Gasteiger charge is 2.27. The van der Waals surface area contributed by atoms with Crippen molar-refractivity contribution >= 4 is 11.6 Å². The van der Waals surface area contributed by atoms with Crippen LogP contribution in [0.4, 0.5) is 0 Å². The predicted molar refractivity (Wildman–Crippen MR) is 108 cm³/mol. The normalized spacial score (nSPS) is 15.7. The Morgan fingerprint density at radius 2 is 2.07 bits per heavy atom. The Bertz CT molecular complexity index is 1170. The molecule has 1 atom stereocenters. The van der Waals surface area contributed by atoms with Crippen LogP contribution in [0.2, 0.25) is 5.02 Å². The van der Waals surface area contributed by atoms with E-state index < -0.39 is 0 Å². The molecule has 152 valence electrons. The van der Waals surface area contributed by atoms with Gasteiger partial charge in [-0.25, -0.2) is 4.68 Å². The van der Waals surface area contributed by atoms with Crippen molar-refractivity contribution in [2.45, 2.75) is 25.7 Å². The summed E-state index contributed by atoms with van der Waals surface area (Å²) in [6.07, 6.45) is 0.390. The van der Waals surface area contributed by atoms with Crippen LogP contribution in [0.3, 0.4) is 0 Å². The summed E-state index contributed by atoms with van der Waals surface area (Å²) in [5.74, 6) is 1.69. The number of hydrogen-bond donors (Lipinski definition) is 0. The molecular weight excluding hydrogens is 406 g/mol. The number of ether oxygens (including phenoxy) is 2. The Balaban J connectivity index is 1.34. The lowest BCUT2D eigenvalue weighted by Gasteiger charge is -2.24. The summed E-state index contributed by atoms with van der Waals surface area (Å²) >= 11 is 5.97. The van der Waals surface area contributed by atoms with E-state index in [4.69, 9.17) is 25.6 Å². The Hall–Kier alpha value is -3.23. The second-order valence-corrected chi connectivity index (χ2v) is 7.39. The van der Waals surface area contributed by atoms with E-state index in [0.29, 0.717) is 42.0 Å². The highest BCUT2D eigenvalue weighted by atomic mass is 35.5. The summed E-state index contributed by atoms with van der Waals surface area (Å²) in [7, 11) is 1.64. The molecule has 1 aliphatic rings. The van der Waals surface area contributed by atoms with E-state index in [9.17, 15) is 0 Å². The van der Waals surface area contributed by atoms with Crippen LogP contribution in [0.5, 0.6) is 5.75 Å². The van der Waals surface area contributed by atoms with E-state index in [-0.39, 0.29) is 6.10 Å². The molecule has 0 saturated carbocycles. The Kier molecular flexibility index (Phi) is 4.94. The van der Waals surface area contributed by atoms with Crippen molar-refractivity contribution in [2.75, 3.05) is 7.11 Å². The van der Waals surface area contributed by atoms with Gasteiger partial charge < -0.3 is 14.0 Å². The summed E-state index contributed by atoms with van der Waals surface area (Å²) in [4.78, 5) is 4.49. The molecule has 8 nitrogen and oxygen atoms in total. The quantitative estimate of drug-likeness (QED) is 0.481. The summed E-state index contributed by atoms with van der Waals surface area (Å²) in [6.45, 7) is 0.911. The summed E-state index contributed by atoms with van der Waals surface area (Å²) in [5, 5.41) is 13.3. The molecule has 0 amide bonds. The molecule has 2 aromatic heterocycles. The Morgan fingerprint density at radius 1 is 1.20 bits per heavy atom. The van der Waals surface area contributed by atoms with Crippen LogP contribution in [0.1, 0.15) is 28.8 Å². The molecule has 2 aromatic carbocycles. The van der Waals surface area contributed by atoms with Gasteiger partial charge in [0.05, 0.1) is 32.4 Å². The summed E-state index contributed by atoms with van der Waals surface area (Å²) in [6, 6.07) is 15.4. The molecule has 5 rings (SSSR count). The second kappa shape index (κ2) is 7.89. The lowest BCUT2D eigenvalue weighted by Crippen LogP contribution is -2.22. The minimum absolute atomic E-state index is 0.113. The molecule has 0 bridgehead atoms. The third-order valence-corrected chi connectivity index (χ3v) is 5.26. The van der Waals surface area contributed by atoms with Gasteiger partial charge >= 0.3 is 0 Å². The standard InChI is InChI=1S/C21H18ClN5O3/c1-28-16-4-2-3-13(9-16)10-19-23-21(25-30-19)20-17-12-29-18(11-27(17)26-24-20)14-5-7-15(22)8-6-14/h2-9,18H,10-12H2,1H3/t18-/m0/s1. The van der Waals surface area contributed by atoms with Crippen LogP contribution in [0.25, 0.3) is 11.5 Å². The number of benzene rings is 2. The fraction of sp³-hybridized carbons (Fsp3) is 0.238. The van der Waals surface area contributed by atoms with Crippen molar-refractivity contribution in [2.24, 2.45) is 0 Å². The van der Waals surface area contributed by atoms with Gasteiger partial charge in [0, 0.05) is 5.02 Å².